The second kappa shape index (κ2) is 6.24. The van der Waals surface area contributed by atoms with Gasteiger partial charge in [0.1, 0.15) is 5.54 Å². The molecule has 2 atom stereocenters. The van der Waals surface area contributed by atoms with Crippen molar-refractivity contribution in [1.82, 2.24) is 9.80 Å². The standard InChI is InChI=1S/C14H24N2O3S/c1-3-5-14(12(17)18)6-4-7-16(14)13(19)15-8-9-20-10-11(15)2/h11H,3-10H2,1-2H3,(H,17,18). The summed E-state index contributed by atoms with van der Waals surface area (Å²) in [6.45, 7) is 5.32. The molecule has 2 aliphatic heterocycles. The first kappa shape index (κ1) is 15.5. The van der Waals surface area contributed by atoms with Gasteiger partial charge in [-0.05, 0) is 26.2 Å². The number of likely N-dealkylation sites (tertiary alicyclic amines) is 1. The van der Waals surface area contributed by atoms with Crippen molar-refractivity contribution >= 4 is 23.8 Å². The average Bonchev–Trinajstić information content (AvgIpc) is 2.84. The molecular weight excluding hydrogens is 276 g/mol. The number of hydrogen-bond donors (Lipinski definition) is 1. The number of amides is 2. The van der Waals surface area contributed by atoms with E-state index in [0.29, 0.717) is 19.4 Å². The summed E-state index contributed by atoms with van der Waals surface area (Å²) in [5, 5.41) is 9.66. The number of hydrogen-bond acceptors (Lipinski definition) is 3. The van der Waals surface area contributed by atoms with E-state index in [9.17, 15) is 14.7 Å². The number of aliphatic carboxylic acids is 1. The Morgan fingerprint density at radius 2 is 2.15 bits per heavy atom. The van der Waals surface area contributed by atoms with Crippen LogP contribution in [0.3, 0.4) is 0 Å². The van der Waals surface area contributed by atoms with E-state index in [-0.39, 0.29) is 12.1 Å². The number of nitrogens with zero attached hydrogens (tertiary/aromatic N) is 2. The molecule has 0 saturated carbocycles. The molecule has 1 N–H and O–H groups in total. The van der Waals surface area contributed by atoms with Crippen molar-refractivity contribution in [2.24, 2.45) is 0 Å². The zero-order valence-corrected chi connectivity index (χ0v) is 13.1. The van der Waals surface area contributed by atoms with Crippen LogP contribution in [0.1, 0.15) is 39.5 Å². The number of urea groups is 1. The van der Waals surface area contributed by atoms with Gasteiger partial charge in [-0.25, -0.2) is 9.59 Å². The van der Waals surface area contributed by atoms with Gasteiger partial charge in [-0.15, -0.1) is 0 Å². The minimum Gasteiger partial charge on any atom is -0.479 e. The lowest BCUT2D eigenvalue weighted by atomic mass is 9.91. The fourth-order valence-corrected chi connectivity index (χ4v) is 4.34. The number of carboxylic acid groups (broad SMARTS) is 1. The maximum atomic E-state index is 12.8. The number of carboxylic acids is 1. The summed E-state index contributed by atoms with van der Waals surface area (Å²) in [6, 6.07) is 0.112. The molecular formula is C14H24N2O3S. The van der Waals surface area contributed by atoms with Gasteiger partial charge in [-0.1, -0.05) is 13.3 Å². The van der Waals surface area contributed by atoms with Crippen molar-refractivity contribution in [3.63, 3.8) is 0 Å². The minimum atomic E-state index is -0.976. The van der Waals surface area contributed by atoms with Gasteiger partial charge < -0.3 is 14.9 Å². The largest absolute Gasteiger partial charge is 0.479 e. The first-order valence-corrected chi connectivity index (χ1v) is 8.58. The highest BCUT2D eigenvalue weighted by molar-refractivity contribution is 7.99. The summed E-state index contributed by atoms with van der Waals surface area (Å²) in [4.78, 5) is 28.0. The SMILES string of the molecule is CCCC1(C(=O)O)CCCN1C(=O)N1CCSCC1C. The first-order chi connectivity index (χ1) is 9.53. The van der Waals surface area contributed by atoms with Crippen LogP contribution < -0.4 is 0 Å². The van der Waals surface area contributed by atoms with E-state index in [4.69, 9.17) is 0 Å². The van der Waals surface area contributed by atoms with E-state index in [2.05, 4.69) is 0 Å². The number of carbonyl (C=O) groups excluding carboxylic acids is 1. The Kier molecular flexibility index (Phi) is 4.83. The number of rotatable bonds is 3. The average molecular weight is 300 g/mol. The van der Waals surface area contributed by atoms with E-state index >= 15 is 0 Å². The molecule has 2 rings (SSSR count). The van der Waals surface area contributed by atoms with Crippen molar-refractivity contribution in [1.29, 1.82) is 0 Å². The van der Waals surface area contributed by atoms with Crippen molar-refractivity contribution in [3.05, 3.63) is 0 Å². The van der Waals surface area contributed by atoms with Gasteiger partial charge in [0.25, 0.3) is 0 Å². The molecule has 0 spiro atoms. The lowest BCUT2D eigenvalue weighted by Crippen LogP contribution is -2.59. The van der Waals surface area contributed by atoms with Crippen LogP contribution in [-0.4, -0.2) is 63.1 Å². The molecule has 0 aromatic carbocycles. The third-order valence-electron chi connectivity index (χ3n) is 4.39. The lowest BCUT2D eigenvalue weighted by Gasteiger charge is -2.41. The van der Waals surface area contributed by atoms with Crippen LogP contribution in [0.5, 0.6) is 0 Å². The van der Waals surface area contributed by atoms with Gasteiger partial charge in [0.15, 0.2) is 0 Å². The molecule has 2 amide bonds. The van der Waals surface area contributed by atoms with E-state index in [0.717, 1.165) is 30.9 Å². The zero-order valence-electron chi connectivity index (χ0n) is 12.3. The van der Waals surface area contributed by atoms with Crippen molar-refractivity contribution in [2.75, 3.05) is 24.6 Å². The van der Waals surface area contributed by atoms with Crippen LogP contribution in [-0.2, 0) is 4.79 Å². The maximum Gasteiger partial charge on any atom is 0.329 e. The van der Waals surface area contributed by atoms with Gasteiger partial charge in [0.05, 0.1) is 0 Å². The summed E-state index contributed by atoms with van der Waals surface area (Å²) < 4.78 is 0. The highest BCUT2D eigenvalue weighted by Gasteiger charge is 2.50. The highest BCUT2D eigenvalue weighted by atomic mass is 32.2. The predicted molar refractivity (Wildman–Crippen MR) is 80.1 cm³/mol. The van der Waals surface area contributed by atoms with Crippen LogP contribution in [0.25, 0.3) is 0 Å². The smallest absolute Gasteiger partial charge is 0.329 e. The van der Waals surface area contributed by atoms with Crippen LogP contribution >= 0.6 is 11.8 Å². The molecule has 2 saturated heterocycles. The van der Waals surface area contributed by atoms with E-state index in [1.165, 1.54) is 0 Å². The van der Waals surface area contributed by atoms with E-state index in [1.54, 1.807) is 4.90 Å². The molecule has 2 heterocycles. The number of carbonyl (C=O) groups is 2. The summed E-state index contributed by atoms with van der Waals surface area (Å²) in [5.74, 6) is 1.04. The lowest BCUT2D eigenvalue weighted by molar-refractivity contribution is -0.149. The molecule has 2 unspecified atom stereocenters. The first-order valence-electron chi connectivity index (χ1n) is 7.42. The molecule has 2 fully saturated rings. The van der Waals surface area contributed by atoms with Crippen LogP contribution in [0, 0.1) is 0 Å². The molecule has 6 heteroatoms. The van der Waals surface area contributed by atoms with Crippen LogP contribution in [0.2, 0.25) is 0 Å². The van der Waals surface area contributed by atoms with Gasteiger partial charge in [0, 0.05) is 30.6 Å². The molecule has 0 bridgehead atoms. The molecule has 0 aliphatic carbocycles. The third-order valence-corrected chi connectivity index (χ3v) is 5.58. The molecule has 0 radical (unpaired) electrons. The van der Waals surface area contributed by atoms with Crippen LogP contribution in [0.15, 0.2) is 0 Å². The molecule has 114 valence electrons. The zero-order chi connectivity index (χ0) is 14.8. The summed E-state index contributed by atoms with van der Waals surface area (Å²) in [6.07, 6.45) is 2.69. The summed E-state index contributed by atoms with van der Waals surface area (Å²) in [7, 11) is 0. The molecule has 20 heavy (non-hydrogen) atoms. The quantitative estimate of drug-likeness (QED) is 0.868. The second-order valence-corrected chi connectivity index (χ2v) is 6.89. The third kappa shape index (κ3) is 2.62. The summed E-state index contributed by atoms with van der Waals surface area (Å²) in [5.41, 5.74) is -0.976. The molecule has 5 nitrogen and oxygen atoms in total. The molecule has 2 aliphatic rings. The minimum absolute atomic E-state index is 0.0776. The van der Waals surface area contributed by atoms with Crippen LogP contribution in [0.4, 0.5) is 4.79 Å². The van der Waals surface area contributed by atoms with Crippen molar-refractivity contribution in [2.45, 2.75) is 51.1 Å². The molecule has 0 aromatic rings. The van der Waals surface area contributed by atoms with E-state index < -0.39 is 11.5 Å². The van der Waals surface area contributed by atoms with Gasteiger partial charge >= 0.3 is 12.0 Å². The highest BCUT2D eigenvalue weighted by Crippen LogP contribution is 2.35. The Morgan fingerprint density at radius 3 is 2.75 bits per heavy atom. The van der Waals surface area contributed by atoms with Crippen molar-refractivity contribution in [3.8, 4) is 0 Å². The fourth-order valence-electron chi connectivity index (χ4n) is 3.33. The Balaban J connectivity index is 2.20. The Labute approximate surface area is 124 Å². The van der Waals surface area contributed by atoms with Crippen molar-refractivity contribution < 1.29 is 14.7 Å². The molecule has 0 aromatic heterocycles. The van der Waals surface area contributed by atoms with E-state index in [1.807, 2.05) is 30.5 Å². The Bertz CT molecular complexity index is 391. The summed E-state index contributed by atoms with van der Waals surface area (Å²) >= 11 is 1.85. The monoisotopic (exact) mass is 300 g/mol. The maximum absolute atomic E-state index is 12.8. The Hall–Kier alpha value is -0.910. The van der Waals surface area contributed by atoms with Gasteiger partial charge in [-0.2, -0.15) is 11.8 Å². The van der Waals surface area contributed by atoms with Gasteiger partial charge in [0.2, 0.25) is 0 Å². The Morgan fingerprint density at radius 1 is 1.40 bits per heavy atom. The number of thioether (sulfide) groups is 1. The topological polar surface area (TPSA) is 60.9 Å². The normalized spacial score (nSPS) is 30.6. The predicted octanol–water partition coefficient (Wildman–Crippen LogP) is 2.26. The fraction of sp³-hybridized carbons (Fsp3) is 0.857. The second-order valence-electron chi connectivity index (χ2n) is 5.74. The van der Waals surface area contributed by atoms with Gasteiger partial charge in [-0.3, -0.25) is 0 Å².